The van der Waals surface area contributed by atoms with Gasteiger partial charge >= 0.3 is 6.03 Å². The molecule has 0 aromatic heterocycles. The van der Waals surface area contributed by atoms with Gasteiger partial charge in [-0.2, -0.15) is 0 Å². The smallest absolute Gasteiger partial charge is 0.324 e. The van der Waals surface area contributed by atoms with Crippen LogP contribution < -0.4 is 10.6 Å². The quantitative estimate of drug-likeness (QED) is 0.326. The number of para-hydroxylation sites is 3. The van der Waals surface area contributed by atoms with Crippen LogP contribution in [0.5, 0.6) is 0 Å². The molecule has 9 heteroatoms. The number of rotatable bonds is 6. The summed E-state index contributed by atoms with van der Waals surface area (Å²) in [6, 6.07) is 11.8. The van der Waals surface area contributed by atoms with E-state index in [-0.39, 0.29) is 23.2 Å². The Morgan fingerprint density at radius 2 is 1.65 bits per heavy atom. The summed E-state index contributed by atoms with van der Waals surface area (Å²) in [5, 5.41) is 16.7. The molecule has 0 aliphatic heterocycles. The number of nitro groups is 1. The Labute approximate surface area is 186 Å². The van der Waals surface area contributed by atoms with Crippen molar-refractivity contribution < 1.29 is 14.5 Å². The molecule has 3 amide bonds. The summed E-state index contributed by atoms with van der Waals surface area (Å²) in [5.41, 5.74) is 1.41. The summed E-state index contributed by atoms with van der Waals surface area (Å²) in [5.74, 6) is -0.374. The molecule has 0 saturated heterocycles. The van der Waals surface area contributed by atoms with Crippen molar-refractivity contribution in [1.29, 1.82) is 0 Å². The molecule has 0 bridgehead atoms. The van der Waals surface area contributed by atoms with Gasteiger partial charge in [-0.3, -0.25) is 19.2 Å². The summed E-state index contributed by atoms with van der Waals surface area (Å²) in [6.45, 7) is 1.89. The normalized spacial score (nSPS) is 15.0. The standard InChI is InChI=1S/C22H26N4O4S/c1-15-9-5-6-12-17(15)23-21(27)20(16-10-3-2-4-11-16)25(31)22(28)24-18-13-7-8-14-19(18)26(29)30/h5-9,12-14,16,20,31H,2-4,10-11H2,1H3,(H,23,27)(H,24,28)/t20-/m0/s1. The van der Waals surface area contributed by atoms with Gasteiger partial charge in [0, 0.05) is 11.8 Å². The van der Waals surface area contributed by atoms with Gasteiger partial charge in [0.25, 0.3) is 5.69 Å². The minimum Gasteiger partial charge on any atom is -0.324 e. The minimum atomic E-state index is -0.814. The summed E-state index contributed by atoms with van der Waals surface area (Å²) in [6.07, 6.45) is 4.67. The zero-order valence-electron chi connectivity index (χ0n) is 17.3. The number of nitro benzene ring substituents is 1. The largest absolute Gasteiger partial charge is 0.332 e. The minimum absolute atomic E-state index is 0.0493. The molecule has 3 rings (SSSR count). The molecule has 2 aromatic carbocycles. The maximum Gasteiger partial charge on any atom is 0.332 e. The fourth-order valence-corrected chi connectivity index (χ4v) is 4.28. The molecule has 1 aliphatic rings. The van der Waals surface area contributed by atoms with Crippen LogP contribution in [0.3, 0.4) is 0 Å². The zero-order valence-corrected chi connectivity index (χ0v) is 18.2. The Bertz CT molecular complexity index is 962. The van der Waals surface area contributed by atoms with Crippen LogP contribution in [0, 0.1) is 23.0 Å². The zero-order chi connectivity index (χ0) is 22.4. The van der Waals surface area contributed by atoms with Crippen molar-refractivity contribution in [3.8, 4) is 0 Å². The highest BCUT2D eigenvalue weighted by molar-refractivity contribution is 7.78. The summed E-state index contributed by atoms with van der Waals surface area (Å²) in [7, 11) is 0. The number of nitrogens with zero attached hydrogens (tertiary/aromatic N) is 2. The van der Waals surface area contributed by atoms with Crippen molar-refractivity contribution >= 4 is 41.8 Å². The van der Waals surface area contributed by atoms with E-state index in [0.717, 1.165) is 42.0 Å². The van der Waals surface area contributed by atoms with E-state index in [4.69, 9.17) is 0 Å². The number of hydrogen-bond donors (Lipinski definition) is 3. The first-order valence-corrected chi connectivity index (χ1v) is 10.7. The molecule has 0 spiro atoms. The monoisotopic (exact) mass is 442 g/mol. The van der Waals surface area contributed by atoms with Gasteiger partial charge in [0.1, 0.15) is 11.7 Å². The number of anilines is 2. The van der Waals surface area contributed by atoms with Crippen molar-refractivity contribution in [3.05, 3.63) is 64.2 Å². The van der Waals surface area contributed by atoms with Crippen molar-refractivity contribution in [1.82, 2.24) is 4.31 Å². The second-order valence-electron chi connectivity index (χ2n) is 7.70. The maximum absolute atomic E-state index is 13.2. The maximum atomic E-state index is 13.2. The molecular weight excluding hydrogens is 416 g/mol. The highest BCUT2D eigenvalue weighted by atomic mass is 32.1. The van der Waals surface area contributed by atoms with E-state index < -0.39 is 17.0 Å². The fraction of sp³-hybridized carbons (Fsp3) is 0.364. The van der Waals surface area contributed by atoms with Crippen LogP contribution in [0.2, 0.25) is 0 Å². The number of hydrogen-bond acceptors (Lipinski definition) is 5. The molecule has 31 heavy (non-hydrogen) atoms. The van der Waals surface area contributed by atoms with E-state index in [0.29, 0.717) is 5.69 Å². The van der Waals surface area contributed by atoms with Gasteiger partial charge in [0.2, 0.25) is 5.91 Å². The summed E-state index contributed by atoms with van der Waals surface area (Å²) < 4.78 is 1.07. The van der Waals surface area contributed by atoms with E-state index in [1.807, 2.05) is 25.1 Å². The molecule has 0 radical (unpaired) electrons. The lowest BCUT2D eigenvalue weighted by Crippen LogP contribution is -2.49. The number of urea groups is 1. The van der Waals surface area contributed by atoms with Gasteiger partial charge in [0.05, 0.1) is 4.92 Å². The Balaban J connectivity index is 1.83. The van der Waals surface area contributed by atoms with Crippen LogP contribution in [-0.4, -0.2) is 27.2 Å². The predicted molar refractivity (Wildman–Crippen MR) is 123 cm³/mol. The van der Waals surface area contributed by atoms with Crippen LogP contribution in [0.25, 0.3) is 0 Å². The third kappa shape index (κ3) is 5.55. The average molecular weight is 443 g/mol. The SMILES string of the molecule is Cc1ccccc1NC(=O)[C@H](C1CCCCC1)N(S)C(=O)Nc1ccccc1[N+](=O)[O-]. The van der Waals surface area contributed by atoms with Crippen molar-refractivity contribution in [3.63, 3.8) is 0 Å². The molecular formula is C22H26N4O4S. The van der Waals surface area contributed by atoms with E-state index in [2.05, 4.69) is 23.4 Å². The molecule has 2 aromatic rings. The third-order valence-corrected chi connectivity index (χ3v) is 6.01. The number of aryl methyl sites for hydroxylation is 1. The topological polar surface area (TPSA) is 105 Å². The molecule has 2 N–H and O–H groups in total. The number of thiol groups is 1. The first-order chi connectivity index (χ1) is 14.9. The van der Waals surface area contributed by atoms with Crippen LogP contribution >= 0.6 is 12.8 Å². The highest BCUT2D eigenvalue weighted by Crippen LogP contribution is 2.32. The van der Waals surface area contributed by atoms with Crippen LogP contribution in [0.4, 0.5) is 21.9 Å². The Morgan fingerprint density at radius 3 is 2.29 bits per heavy atom. The van der Waals surface area contributed by atoms with Gasteiger partial charge in [-0.25, -0.2) is 4.79 Å². The molecule has 1 saturated carbocycles. The van der Waals surface area contributed by atoms with Crippen molar-refractivity contribution in [2.45, 2.75) is 45.1 Å². The van der Waals surface area contributed by atoms with Crippen LogP contribution in [0.15, 0.2) is 48.5 Å². The fourth-order valence-electron chi connectivity index (χ4n) is 3.93. The first-order valence-electron chi connectivity index (χ1n) is 10.3. The van der Waals surface area contributed by atoms with Gasteiger partial charge in [-0.1, -0.05) is 62.4 Å². The van der Waals surface area contributed by atoms with Crippen LogP contribution in [-0.2, 0) is 4.79 Å². The number of nitrogens with one attached hydrogen (secondary N) is 2. The molecule has 0 unspecified atom stereocenters. The van der Waals surface area contributed by atoms with Gasteiger partial charge in [-0.15, -0.1) is 0 Å². The predicted octanol–water partition coefficient (Wildman–Crippen LogP) is 5.17. The third-order valence-electron chi connectivity index (χ3n) is 5.58. The van der Waals surface area contributed by atoms with E-state index in [1.54, 1.807) is 12.1 Å². The number of carbonyl (C=O) groups is 2. The van der Waals surface area contributed by atoms with Gasteiger partial charge in [0.15, 0.2) is 0 Å². The molecule has 0 heterocycles. The van der Waals surface area contributed by atoms with Crippen molar-refractivity contribution in [2.24, 2.45) is 5.92 Å². The van der Waals surface area contributed by atoms with E-state index >= 15 is 0 Å². The Hall–Kier alpha value is -3.07. The van der Waals surface area contributed by atoms with E-state index in [9.17, 15) is 19.7 Å². The molecule has 1 atom stereocenters. The van der Waals surface area contributed by atoms with Crippen LogP contribution in [0.1, 0.15) is 37.7 Å². The summed E-state index contributed by atoms with van der Waals surface area (Å²) in [4.78, 5) is 36.9. The lowest BCUT2D eigenvalue weighted by Gasteiger charge is -2.34. The number of carbonyl (C=O) groups excluding carboxylic acids is 2. The molecule has 1 aliphatic carbocycles. The first kappa shape index (κ1) is 22.6. The Morgan fingerprint density at radius 1 is 1.03 bits per heavy atom. The molecule has 164 valence electrons. The second kappa shape index (κ2) is 10.3. The molecule has 1 fully saturated rings. The average Bonchev–Trinajstić information content (AvgIpc) is 2.76. The van der Waals surface area contributed by atoms with Gasteiger partial charge < -0.3 is 10.6 Å². The Kier molecular flexibility index (Phi) is 7.51. The van der Waals surface area contributed by atoms with Gasteiger partial charge in [-0.05, 0) is 43.4 Å². The highest BCUT2D eigenvalue weighted by Gasteiger charge is 2.36. The van der Waals surface area contributed by atoms with E-state index in [1.165, 1.54) is 18.2 Å². The summed E-state index contributed by atoms with van der Waals surface area (Å²) >= 11 is 4.37. The molecule has 8 nitrogen and oxygen atoms in total. The number of benzene rings is 2. The number of amides is 3. The second-order valence-corrected chi connectivity index (χ2v) is 8.13. The van der Waals surface area contributed by atoms with Crippen molar-refractivity contribution in [2.75, 3.05) is 10.6 Å². The lowest BCUT2D eigenvalue weighted by molar-refractivity contribution is -0.383. The lowest BCUT2D eigenvalue weighted by atomic mass is 9.83.